The molecule has 53 heavy (non-hydrogen) atoms. The van der Waals surface area contributed by atoms with Crippen molar-refractivity contribution in [1.82, 2.24) is 13.8 Å². The summed E-state index contributed by atoms with van der Waals surface area (Å²) in [4.78, 5) is 7.85. The Hall–Kier alpha value is -7.17. The molecule has 0 aliphatic carbocycles. The van der Waals surface area contributed by atoms with Crippen molar-refractivity contribution in [3.63, 3.8) is 0 Å². The molecule has 0 N–H and O–H groups in total. The first kappa shape index (κ1) is 27.5. The highest BCUT2D eigenvalue weighted by atomic mass is 15.2. The molecule has 5 heterocycles. The monoisotopic (exact) mass is 672 g/mol. The van der Waals surface area contributed by atoms with Crippen LogP contribution in [0.15, 0.2) is 170 Å². The van der Waals surface area contributed by atoms with Gasteiger partial charge >= 0.3 is 0 Å². The summed E-state index contributed by atoms with van der Waals surface area (Å²) in [6.45, 7) is 0. The summed E-state index contributed by atoms with van der Waals surface area (Å²) in [7, 11) is 0. The van der Waals surface area contributed by atoms with Gasteiger partial charge in [-0.3, -0.25) is 4.40 Å². The largest absolute Gasteiger partial charge is 0.308 e. The summed E-state index contributed by atoms with van der Waals surface area (Å²) in [6.07, 6.45) is 2.13. The molecule has 0 bridgehead atoms. The van der Waals surface area contributed by atoms with Crippen LogP contribution in [0.25, 0.3) is 97.9 Å². The first-order valence-corrected chi connectivity index (χ1v) is 18.2. The van der Waals surface area contributed by atoms with E-state index in [9.17, 15) is 0 Å². The molecule has 0 aliphatic heterocycles. The zero-order valence-corrected chi connectivity index (χ0v) is 28.5. The van der Waals surface area contributed by atoms with Crippen LogP contribution in [0.4, 0.5) is 17.1 Å². The molecule has 0 aliphatic rings. The molecule has 0 saturated heterocycles. The fourth-order valence-corrected chi connectivity index (χ4v) is 9.62. The van der Waals surface area contributed by atoms with Crippen molar-refractivity contribution in [2.24, 2.45) is 0 Å². The van der Waals surface area contributed by atoms with Gasteiger partial charge in [0.1, 0.15) is 5.65 Å². The molecule has 0 saturated carbocycles. The van der Waals surface area contributed by atoms with Gasteiger partial charge in [-0.25, -0.2) is 4.98 Å². The van der Waals surface area contributed by atoms with Gasteiger partial charge in [-0.2, -0.15) is 0 Å². The molecule has 244 valence electrons. The van der Waals surface area contributed by atoms with E-state index >= 15 is 0 Å². The van der Waals surface area contributed by atoms with Gasteiger partial charge in [0, 0.05) is 59.9 Å². The number of para-hydroxylation sites is 4. The highest BCUT2D eigenvalue weighted by Gasteiger charge is 2.28. The molecule has 13 rings (SSSR count). The van der Waals surface area contributed by atoms with Crippen LogP contribution in [0.1, 0.15) is 0 Å². The van der Waals surface area contributed by atoms with Gasteiger partial charge in [-0.1, -0.05) is 121 Å². The molecule has 13 aromatic rings. The Morgan fingerprint density at radius 3 is 1.66 bits per heavy atom. The molecule has 4 heteroatoms. The summed E-state index contributed by atoms with van der Waals surface area (Å²) < 4.78 is 4.93. The maximum absolute atomic E-state index is 5.41. The molecule has 0 atom stereocenters. The predicted molar refractivity (Wildman–Crippen MR) is 223 cm³/mol. The van der Waals surface area contributed by atoms with E-state index in [-0.39, 0.29) is 0 Å². The van der Waals surface area contributed by atoms with Crippen LogP contribution < -0.4 is 4.90 Å². The van der Waals surface area contributed by atoms with Crippen molar-refractivity contribution in [1.29, 1.82) is 0 Å². The lowest BCUT2D eigenvalue weighted by molar-refractivity contribution is 1.25. The Labute approximate surface area is 302 Å². The van der Waals surface area contributed by atoms with Crippen molar-refractivity contribution in [2.75, 3.05) is 4.90 Å². The van der Waals surface area contributed by atoms with Gasteiger partial charge in [0.2, 0.25) is 0 Å². The van der Waals surface area contributed by atoms with Crippen LogP contribution in [0.5, 0.6) is 0 Å². The zero-order chi connectivity index (χ0) is 34.4. The summed E-state index contributed by atoms with van der Waals surface area (Å²) >= 11 is 0. The first-order valence-electron chi connectivity index (χ1n) is 18.2. The lowest BCUT2D eigenvalue weighted by atomic mass is 10.00. The molecule has 8 aromatic carbocycles. The molecule has 0 spiro atoms. The van der Waals surface area contributed by atoms with Crippen molar-refractivity contribution in [3.05, 3.63) is 170 Å². The maximum Gasteiger partial charge on any atom is 0.146 e. The third-order valence-electron chi connectivity index (χ3n) is 11.7. The number of rotatable bonds is 3. The Kier molecular flexibility index (Phi) is 5.08. The Bertz CT molecular complexity index is 3580. The quantitative estimate of drug-likeness (QED) is 0.187. The number of hydrogen-bond donors (Lipinski definition) is 0. The number of anilines is 3. The highest BCUT2D eigenvalue weighted by Crippen LogP contribution is 2.51. The van der Waals surface area contributed by atoms with Gasteiger partial charge in [0.15, 0.2) is 0 Å². The minimum absolute atomic E-state index is 1.01. The van der Waals surface area contributed by atoms with Crippen molar-refractivity contribution >= 4 is 115 Å². The third kappa shape index (κ3) is 3.39. The van der Waals surface area contributed by atoms with E-state index in [1.807, 2.05) is 0 Å². The Balaban J connectivity index is 1.25. The van der Waals surface area contributed by atoms with E-state index < -0.39 is 0 Å². The summed E-state index contributed by atoms with van der Waals surface area (Å²) in [5, 5.41) is 14.9. The number of hydrogen-bond acceptors (Lipinski definition) is 2. The first-order chi connectivity index (χ1) is 26.3. The second-order valence-electron chi connectivity index (χ2n) is 14.4. The smallest absolute Gasteiger partial charge is 0.146 e. The molecular weight excluding hydrogens is 645 g/mol. The molecule has 0 radical (unpaired) electrons. The van der Waals surface area contributed by atoms with Gasteiger partial charge in [-0.05, 0) is 58.6 Å². The van der Waals surface area contributed by atoms with E-state index in [2.05, 4.69) is 184 Å². The molecular formula is C49H28N4. The minimum atomic E-state index is 1.01. The SMILES string of the molecule is c1ccc(N(c2ccccc2)c2c3ccccc3cc3c4cccc5c6c7c8cccc9c%10cc%11ccccc%11cc%10n(c7ncc6n(c23)c45)c98)cc1. The zero-order valence-electron chi connectivity index (χ0n) is 28.5. The van der Waals surface area contributed by atoms with Crippen molar-refractivity contribution in [2.45, 2.75) is 0 Å². The minimum Gasteiger partial charge on any atom is -0.308 e. The summed E-state index contributed by atoms with van der Waals surface area (Å²) in [5.74, 6) is 0. The van der Waals surface area contributed by atoms with E-state index in [1.165, 1.54) is 86.7 Å². The number of fused-ring (bicyclic) bond motifs is 15. The van der Waals surface area contributed by atoms with Crippen LogP contribution in [-0.2, 0) is 0 Å². The Morgan fingerprint density at radius 1 is 0.377 bits per heavy atom. The van der Waals surface area contributed by atoms with E-state index in [1.54, 1.807) is 0 Å². The molecule has 0 amide bonds. The van der Waals surface area contributed by atoms with E-state index in [4.69, 9.17) is 4.98 Å². The van der Waals surface area contributed by atoms with Gasteiger partial charge in [0.05, 0.1) is 39.5 Å². The molecule has 4 nitrogen and oxygen atoms in total. The van der Waals surface area contributed by atoms with Crippen molar-refractivity contribution < 1.29 is 0 Å². The number of nitrogens with zero attached hydrogens (tertiary/aromatic N) is 4. The fourth-order valence-electron chi connectivity index (χ4n) is 9.62. The van der Waals surface area contributed by atoms with Crippen molar-refractivity contribution in [3.8, 4) is 0 Å². The fraction of sp³-hybridized carbons (Fsp3) is 0. The van der Waals surface area contributed by atoms with E-state index in [0.29, 0.717) is 0 Å². The topological polar surface area (TPSA) is 24.9 Å². The predicted octanol–water partition coefficient (Wildman–Crippen LogP) is 13.2. The van der Waals surface area contributed by atoms with Gasteiger partial charge in [-0.15, -0.1) is 0 Å². The summed E-state index contributed by atoms with van der Waals surface area (Å²) in [5.41, 5.74) is 10.4. The van der Waals surface area contributed by atoms with Gasteiger partial charge in [0.25, 0.3) is 0 Å². The van der Waals surface area contributed by atoms with Crippen LogP contribution in [0.2, 0.25) is 0 Å². The lowest BCUT2D eigenvalue weighted by Gasteiger charge is -2.28. The summed E-state index contributed by atoms with van der Waals surface area (Å²) in [6, 6.07) is 59.8. The van der Waals surface area contributed by atoms with E-state index in [0.717, 1.165) is 28.2 Å². The number of benzene rings is 8. The van der Waals surface area contributed by atoms with Gasteiger partial charge < -0.3 is 9.30 Å². The molecule has 5 aromatic heterocycles. The standard InChI is InChI=1S/C49H28N4/c1-3-16-32(17-4-1)51(33-18-5-2-6-19-33)47-34-20-10-9-15-31(34)26-40-36-22-12-23-37-43-42(52(45(36)37)48(40)47)28-50-49-44(43)38-24-11-21-35-39-25-29-13-7-8-14-30(29)27-41(39)53(49)46(35)38/h1-28H. The van der Waals surface area contributed by atoms with Crippen LogP contribution in [0.3, 0.4) is 0 Å². The molecule has 0 unspecified atom stereocenters. The third-order valence-corrected chi connectivity index (χ3v) is 11.7. The second-order valence-corrected chi connectivity index (χ2v) is 14.4. The van der Waals surface area contributed by atoms with Crippen LogP contribution in [0, 0.1) is 0 Å². The second kappa shape index (κ2) is 9.78. The average Bonchev–Trinajstić information content (AvgIpc) is 3.94. The lowest BCUT2D eigenvalue weighted by Crippen LogP contribution is -2.11. The number of pyridine rings is 1. The maximum atomic E-state index is 5.41. The normalized spacial score (nSPS) is 12.5. The van der Waals surface area contributed by atoms with Crippen LogP contribution in [-0.4, -0.2) is 13.8 Å². The number of aromatic nitrogens is 3. The van der Waals surface area contributed by atoms with Crippen LogP contribution >= 0.6 is 0 Å². The highest BCUT2D eigenvalue weighted by molar-refractivity contribution is 6.36. The average molecular weight is 673 g/mol. The molecule has 0 fully saturated rings. The Morgan fingerprint density at radius 2 is 0.925 bits per heavy atom.